The van der Waals surface area contributed by atoms with E-state index in [1.807, 2.05) is 25.1 Å². The van der Waals surface area contributed by atoms with E-state index in [4.69, 9.17) is 4.74 Å². The molecule has 0 bridgehead atoms. The number of ketones is 1. The lowest BCUT2D eigenvalue weighted by molar-refractivity contribution is -0.119. The largest absolute Gasteiger partial charge is 0.381 e. The second kappa shape index (κ2) is 10.2. The van der Waals surface area contributed by atoms with Crippen molar-refractivity contribution in [2.45, 2.75) is 51.9 Å². The monoisotopic (exact) mass is 442 g/mol. The zero-order chi connectivity index (χ0) is 22.7. The Bertz CT molecular complexity index is 977. The van der Waals surface area contributed by atoms with E-state index in [0.29, 0.717) is 18.0 Å². The highest BCUT2D eigenvalue weighted by atomic mass is 19.1. The number of aromatic nitrogens is 1. The molecule has 1 aromatic heterocycles. The SMILES string of the molecule is CCN(CC(=O)CCCF)C(=O)c1ccc2c(c1)c1c(n2C)CCC(C2CCOCC2)C1. The summed E-state index contributed by atoms with van der Waals surface area (Å²) in [6, 6.07) is 5.95. The number of ether oxygens (including phenoxy) is 1. The third kappa shape index (κ3) is 4.61. The highest BCUT2D eigenvalue weighted by molar-refractivity contribution is 6.00. The van der Waals surface area contributed by atoms with Gasteiger partial charge in [0.05, 0.1) is 13.2 Å². The summed E-state index contributed by atoms with van der Waals surface area (Å²) in [5, 5.41) is 1.17. The summed E-state index contributed by atoms with van der Waals surface area (Å²) in [4.78, 5) is 26.9. The van der Waals surface area contributed by atoms with E-state index in [0.717, 1.165) is 44.8 Å². The number of fused-ring (bicyclic) bond motifs is 3. The molecule has 2 heterocycles. The van der Waals surface area contributed by atoms with Crippen molar-refractivity contribution in [3.63, 3.8) is 0 Å². The van der Waals surface area contributed by atoms with Gasteiger partial charge in [-0.25, -0.2) is 0 Å². The van der Waals surface area contributed by atoms with Crippen LogP contribution < -0.4 is 0 Å². The standard InChI is InChI=1S/C26H35FN2O3/c1-3-29(17-21(30)5-4-12-27)26(31)20-7-9-25-23(16-20)22-15-19(6-8-24(22)28(25)2)18-10-13-32-14-11-18/h7,9,16,18-19H,3-6,8,10-15,17H2,1-2H3. The van der Waals surface area contributed by atoms with Crippen LogP contribution in [0.3, 0.4) is 0 Å². The molecule has 1 atom stereocenters. The van der Waals surface area contributed by atoms with Crippen LogP contribution in [0, 0.1) is 11.8 Å². The number of rotatable bonds is 8. The molecule has 0 radical (unpaired) electrons. The Labute approximate surface area is 189 Å². The van der Waals surface area contributed by atoms with Crippen LogP contribution in [0.1, 0.15) is 60.6 Å². The number of hydrogen-bond donors (Lipinski definition) is 0. The molecule has 1 fully saturated rings. The summed E-state index contributed by atoms with van der Waals surface area (Å²) in [5.41, 5.74) is 4.57. The second-order valence-electron chi connectivity index (χ2n) is 9.32. The minimum absolute atomic E-state index is 0.0477. The van der Waals surface area contributed by atoms with E-state index in [1.165, 1.54) is 28.6 Å². The number of likely N-dealkylation sites (N-methyl/N-ethyl adjacent to an activating group) is 1. The normalized spacial score (nSPS) is 19.2. The Morgan fingerprint density at radius 2 is 1.97 bits per heavy atom. The van der Waals surface area contributed by atoms with E-state index in [-0.39, 0.29) is 31.1 Å². The number of Topliss-reactive ketones (excluding diaryl/α,β-unsaturated/α-hetero) is 1. The van der Waals surface area contributed by atoms with E-state index in [9.17, 15) is 14.0 Å². The molecule has 0 spiro atoms. The van der Waals surface area contributed by atoms with E-state index >= 15 is 0 Å². The van der Waals surface area contributed by atoms with Crippen molar-refractivity contribution in [3.8, 4) is 0 Å². The van der Waals surface area contributed by atoms with Crippen LogP contribution in [0.2, 0.25) is 0 Å². The van der Waals surface area contributed by atoms with Crippen molar-refractivity contribution >= 4 is 22.6 Å². The number of carbonyl (C=O) groups is 2. The third-order valence-electron chi connectivity index (χ3n) is 7.46. The molecule has 0 N–H and O–H groups in total. The first-order chi connectivity index (χ1) is 15.5. The molecule has 1 unspecified atom stereocenters. The number of carbonyl (C=O) groups excluding carboxylic acids is 2. The first-order valence-electron chi connectivity index (χ1n) is 12.1. The van der Waals surface area contributed by atoms with Crippen LogP contribution in [0.15, 0.2) is 18.2 Å². The van der Waals surface area contributed by atoms with Crippen LogP contribution >= 0.6 is 0 Å². The predicted molar refractivity (Wildman–Crippen MR) is 124 cm³/mol. The first kappa shape index (κ1) is 23.0. The zero-order valence-corrected chi connectivity index (χ0v) is 19.4. The van der Waals surface area contributed by atoms with Crippen LogP contribution in [0.5, 0.6) is 0 Å². The van der Waals surface area contributed by atoms with Gasteiger partial charge in [-0.15, -0.1) is 0 Å². The summed E-state index contributed by atoms with van der Waals surface area (Å²) in [6.07, 6.45) is 6.06. The lowest BCUT2D eigenvalue weighted by Crippen LogP contribution is -2.35. The van der Waals surface area contributed by atoms with Gasteiger partial charge in [-0.2, -0.15) is 0 Å². The molecule has 4 rings (SSSR count). The van der Waals surface area contributed by atoms with Crippen molar-refractivity contribution < 1.29 is 18.7 Å². The number of alkyl halides is 1. The highest BCUT2D eigenvalue weighted by Gasteiger charge is 2.31. The van der Waals surface area contributed by atoms with Gasteiger partial charge in [0, 0.05) is 55.4 Å². The Morgan fingerprint density at radius 3 is 2.69 bits per heavy atom. The van der Waals surface area contributed by atoms with Crippen LogP contribution in [-0.4, -0.2) is 54.1 Å². The van der Waals surface area contributed by atoms with Crippen molar-refractivity contribution in [2.24, 2.45) is 18.9 Å². The molecule has 6 heteroatoms. The number of amides is 1. The quantitative estimate of drug-likeness (QED) is 0.605. The fraction of sp³-hybridized carbons (Fsp3) is 0.615. The number of benzene rings is 1. The Kier molecular flexibility index (Phi) is 7.29. The number of nitrogens with zero attached hydrogens (tertiary/aromatic N) is 2. The van der Waals surface area contributed by atoms with Gasteiger partial charge in [0.25, 0.3) is 5.91 Å². The fourth-order valence-corrected chi connectivity index (χ4v) is 5.59. The number of hydrogen-bond acceptors (Lipinski definition) is 3. The topological polar surface area (TPSA) is 51.5 Å². The maximum atomic E-state index is 13.2. The van der Waals surface area contributed by atoms with Gasteiger partial charge in [0.1, 0.15) is 0 Å². The summed E-state index contributed by atoms with van der Waals surface area (Å²) in [6.45, 7) is 3.62. The fourth-order valence-electron chi connectivity index (χ4n) is 5.59. The van der Waals surface area contributed by atoms with Crippen molar-refractivity contribution in [3.05, 3.63) is 35.0 Å². The van der Waals surface area contributed by atoms with E-state index in [1.54, 1.807) is 4.90 Å². The molecule has 1 amide bonds. The minimum atomic E-state index is -0.504. The molecule has 2 aliphatic rings. The van der Waals surface area contributed by atoms with Crippen LogP contribution in [0.25, 0.3) is 10.9 Å². The van der Waals surface area contributed by atoms with Gasteiger partial charge in [0.2, 0.25) is 0 Å². The maximum Gasteiger partial charge on any atom is 0.254 e. The molecule has 0 saturated carbocycles. The molecule has 32 heavy (non-hydrogen) atoms. The molecular weight excluding hydrogens is 407 g/mol. The van der Waals surface area contributed by atoms with Crippen molar-refractivity contribution in [1.29, 1.82) is 0 Å². The van der Waals surface area contributed by atoms with Crippen molar-refractivity contribution in [1.82, 2.24) is 9.47 Å². The lowest BCUT2D eigenvalue weighted by Gasteiger charge is -2.33. The Morgan fingerprint density at radius 1 is 1.19 bits per heavy atom. The molecule has 5 nitrogen and oxygen atoms in total. The lowest BCUT2D eigenvalue weighted by atomic mass is 9.75. The molecule has 1 saturated heterocycles. The first-order valence-corrected chi connectivity index (χ1v) is 12.1. The van der Waals surface area contributed by atoms with Crippen molar-refractivity contribution in [2.75, 3.05) is 33.0 Å². The molecule has 1 aliphatic heterocycles. The predicted octanol–water partition coefficient (Wildman–Crippen LogP) is 4.49. The van der Waals surface area contributed by atoms with E-state index < -0.39 is 6.67 Å². The van der Waals surface area contributed by atoms with Crippen LogP contribution in [0.4, 0.5) is 4.39 Å². The smallest absolute Gasteiger partial charge is 0.254 e. The van der Waals surface area contributed by atoms with Gasteiger partial charge >= 0.3 is 0 Å². The Hall–Kier alpha value is -2.21. The summed E-state index contributed by atoms with van der Waals surface area (Å²) < 4.78 is 20.2. The molecule has 1 aliphatic carbocycles. The van der Waals surface area contributed by atoms with Gasteiger partial charge in [-0.05, 0) is 81.0 Å². The summed E-state index contributed by atoms with van der Waals surface area (Å²) in [5.74, 6) is 1.19. The van der Waals surface area contributed by atoms with Gasteiger partial charge in [0.15, 0.2) is 5.78 Å². The minimum Gasteiger partial charge on any atom is -0.381 e. The second-order valence-corrected chi connectivity index (χ2v) is 9.32. The third-order valence-corrected chi connectivity index (χ3v) is 7.46. The zero-order valence-electron chi connectivity index (χ0n) is 19.4. The van der Waals surface area contributed by atoms with E-state index in [2.05, 4.69) is 11.6 Å². The summed E-state index contributed by atoms with van der Waals surface area (Å²) in [7, 11) is 2.12. The average Bonchev–Trinajstić information content (AvgIpc) is 3.12. The number of halogens is 1. The Balaban J connectivity index is 1.58. The van der Waals surface area contributed by atoms with Gasteiger partial charge in [-0.3, -0.25) is 14.0 Å². The molecule has 2 aromatic rings. The maximum absolute atomic E-state index is 13.2. The molecular formula is C26H35FN2O3. The number of aryl methyl sites for hydroxylation is 1. The van der Waals surface area contributed by atoms with Crippen LogP contribution in [-0.2, 0) is 29.4 Å². The molecule has 1 aromatic carbocycles. The van der Waals surface area contributed by atoms with Gasteiger partial charge < -0.3 is 14.2 Å². The molecule has 174 valence electrons. The average molecular weight is 443 g/mol. The van der Waals surface area contributed by atoms with Gasteiger partial charge in [-0.1, -0.05) is 0 Å². The summed E-state index contributed by atoms with van der Waals surface area (Å²) >= 11 is 0. The highest BCUT2D eigenvalue weighted by Crippen LogP contribution is 2.39.